The summed E-state index contributed by atoms with van der Waals surface area (Å²) in [6, 6.07) is 4.98. The molecule has 2 nitrogen and oxygen atoms in total. The minimum atomic E-state index is -4.33. The van der Waals surface area contributed by atoms with E-state index in [0.29, 0.717) is 11.1 Å². The zero-order valence-electron chi connectivity index (χ0n) is 11.2. The molecule has 0 aliphatic heterocycles. The molecule has 2 N–H and O–H groups in total. The first kappa shape index (κ1) is 14.5. The molecule has 0 spiro atoms. The molecule has 0 radical (unpaired) electrons. The maximum absolute atomic E-state index is 12.6. The summed E-state index contributed by atoms with van der Waals surface area (Å²) in [6.45, 7) is 3.52. The van der Waals surface area contributed by atoms with Gasteiger partial charge in [0.05, 0.1) is 11.6 Å². The van der Waals surface area contributed by atoms with E-state index in [9.17, 15) is 13.2 Å². The van der Waals surface area contributed by atoms with Crippen molar-refractivity contribution in [2.24, 2.45) is 5.73 Å². The van der Waals surface area contributed by atoms with Gasteiger partial charge in [-0.15, -0.1) is 0 Å². The highest BCUT2D eigenvalue weighted by Crippen LogP contribution is 2.32. The number of hydrogen-bond acceptors (Lipinski definition) is 2. The molecule has 2 rings (SSSR count). The molecule has 0 amide bonds. The van der Waals surface area contributed by atoms with Crippen molar-refractivity contribution in [2.75, 3.05) is 0 Å². The van der Waals surface area contributed by atoms with Gasteiger partial charge in [-0.2, -0.15) is 13.2 Å². The fraction of sp³-hybridized carbons (Fsp3) is 0.267. The quantitative estimate of drug-likeness (QED) is 0.909. The highest BCUT2D eigenvalue weighted by molar-refractivity contribution is 5.41. The predicted molar refractivity (Wildman–Crippen MR) is 71.2 cm³/mol. The van der Waals surface area contributed by atoms with Gasteiger partial charge in [-0.05, 0) is 54.3 Å². The molecule has 0 aliphatic rings. The zero-order chi connectivity index (χ0) is 14.9. The number of benzene rings is 1. The Morgan fingerprint density at radius 2 is 1.70 bits per heavy atom. The van der Waals surface area contributed by atoms with Gasteiger partial charge in [0.1, 0.15) is 0 Å². The average Bonchev–Trinajstić information content (AvgIpc) is 2.37. The van der Waals surface area contributed by atoms with Gasteiger partial charge in [0.25, 0.3) is 0 Å². The SMILES string of the molecule is Cc1cnccc1C(N)c1ccc(C(F)(F)F)cc1C. The molecule has 20 heavy (non-hydrogen) atoms. The van der Waals surface area contributed by atoms with Crippen molar-refractivity contribution in [1.82, 2.24) is 4.98 Å². The molecule has 1 unspecified atom stereocenters. The molecule has 1 atom stereocenters. The Kier molecular flexibility index (Phi) is 3.81. The third-order valence-corrected chi connectivity index (χ3v) is 3.33. The van der Waals surface area contributed by atoms with Gasteiger partial charge in [0.15, 0.2) is 0 Å². The summed E-state index contributed by atoms with van der Waals surface area (Å²) in [7, 11) is 0. The monoisotopic (exact) mass is 280 g/mol. The number of nitrogens with two attached hydrogens (primary N) is 1. The summed E-state index contributed by atoms with van der Waals surface area (Å²) in [6.07, 6.45) is -1.02. The Morgan fingerprint density at radius 3 is 2.25 bits per heavy atom. The second kappa shape index (κ2) is 5.25. The number of alkyl halides is 3. The van der Waals surface area contributed by atoms with Crippen molar-refractivity contribution < 1.29 is 13.2 Å². The molecular formula is C15H15F3N2. The largest absolute Gasteiger partial charge is 0.416 e. The lowest BCUT2D eigenvalue weighted by atomic mass is 9.93. The first-order valence-corrected chi connectivity index (χ1v) is 6.14. The van der Waals surface area contributed by atoms with E-state index >= 15 is 0 Å². The minimum absolute atomic E-state index is 0.458. The lowest BCUT2D eigenvalue weighted by Crippen LogP contribution is -2.15. The van der Waals surface area contributed by atoms with Gasteiger partial charge in [-0.1, -0.05) is 6.07 Å². The first-order chi connectivity index (χ1) is 9.30. The summed E-state index contributed by atoms with van der Waals surface area (Å²) in [5, 5.41) is 0. The van der Waals surface area contributed by atoms with Crippen molar-refractivity contribution >= 4 is 0 Å². The highest BCUT2D eigenvalue weighted by atomic mass is 19.4. The van der Waals surface area contributed by atoms with E-state index in [0.717, 1.165) is 23.3 Å². The molecular weight excluding hydrogens is 265 g/mol. The van der Waals surface area contributed by atoms with E-state index in [-0.39, 0.29) is 0 Å². The van der Waals surface area contributed by atoms with Crippen molar-refractivity contribution in [3.8, 4) is 0 Å². The van der Waals surface area contributed by atoms with Crippen molar-refractivity contribution in [3.05, 3.63) is 64.5 Å². The second-order valence-electron chi connectivity index (χ2n) is 4.78. The summed E-state index contributed by atoms with van der Waals surface area (Å²) in [5.41, 5.74) is 8.51. The van der Waals surface area contributed by atoms with Crippen LogP contribution in [0.15, 0.2) is 36.7 Å². The smallest absolute Gasteiger partial charge is 0.320 e. The van der Waals surface area contributed by atoms with Gasteiger partial charge in [0, 0.05) is 12.4 Å². The third-order valence-electron chi connectivity index (χ3n) is 3.33. The van der Waals surface area contributed by atoms with Crippen LogP contribution in [-0.4, -0.2) is 4.98 Å². The Balaban J connectivity index is 2.42. The Labute approximate surface area is 115 Å². The van der Waals surface area contributed by atoms with Crippen LogP contribution in [0.3, 0.4) is 0 Å². The molecule has 0 aliphatic carbocycles. The number of rotatable bonds is 2. The number of halogens is 3. The molecule has 0 bridgehead atoms. The van der Waals surface area contributed by atoms with Crippen LogP contribution in [0.25, 0.3) is 0 Å². The van der Waals surface area contributed by atoms with Gasteiger partial charge < -0.3 is 5.73 Å². The summed E-state index contributed by atoms with van der Waals surface area (Å²) < 4.78 is 37.9. The van der Waals surface area contributed by atoms with E-state index in [2.05, 4.69) is 4.98 Å². The van der Waals surface area contributed by atoms with Crippen LogP contribution in [0.1, 0.15) is 33.9 Å². The van der Waals surface area contributed by atoms with Crippen LogP contribution >= 0.6 is 0 Å². The maximum atomic E-state index is 12.6. The highest BCUT2D eigenvalue weighted by Gasteiger charge is 2.31. The Bertz CT molecular complexity index is 621. The van der Waals surface area contributed by atoms with Crippen LogP contribution in [0, 0.1) is 13.8 Å². The van der Waals surface area contributed by atoms with Gasteiger partial charge in [-0.3, -0.25) is 4.98 Å². The normalized spacial score (nSPS) is 13.3. The predicted octanol–water partition coefficient (Wildman–Crippen LogP) is 3.77. The van der Waals surface area contributed by atoms with Crippen LogP contribution in [0.4, 0.5) is 13.2 Å². The summed E-state index contributed by atoms with van der Waals surface area (Å²) >= 11 is 0. The van der Waals surface area contributed by atoms with E-state index < -0.39 is 17.8 Å². The number of aryl methyl sites for hydroxylation is 2. The molecule has 5 heteroatoms. The first-order valence-electron chi connectivity index (χ1n) is 6.14. The second-order valence-corrected chi connectivity index (χ2v) is 4.78. The number of pyridine rings is 1. The fourth-order valence-corrected chi connectivity index (χ4v) is 2.20. The lowest BCUT2D eigenvalue weighted by Gasteiger charge is -2.18. The van der Waals surface area contributed by atoms with Crippen molar-refractivity contribution in [1.29, 1.82) is 0 Å². The standard InChI is InChI=1S/C15H15F3N2/c1-9-7-11(15(16,17)18)3-4-12(9)14(19)13-5-6-20-8-10(13)2/h3-8,14H,19H2,1-2H3. The third kappa shape index (κ3) is 2.82. The van der Waals surface area contributed by atoms with Gasteiger partial charge >= 0.3 is 6.18 Å². The average molecular weight is 280 g/mol. The van der Waals surface area contributed by atoms with Crippen LogP contribution < -0.4 is 5.73 Å². The fourth-order valence-electron chi connectivity index (χ4n) is 2.20. The maximum Gasteiger partial charge on any atom is 0.416 e. The van der Waals surface area contributed by atoms with Gasteiger partial charge in [-0.25, -0.2) is 0 Å². The number of nitrogens with zero attached hydrogens (tertiary/aromatic N) is 1. The molecule has 1 aromatic heterocycles. The van der Waals surface area contributed by atoms with Crippen LogP contribution in [0.5, 0.6) is 0 Å². The van der Waals surface area contributed by atoms with E-state index in [1.807, 2.05) is 6.92 Å². The molecule has 1 aromatic carbocycles. The molecule has 2 aromatic rings. The molecule has 0 saturated heterocycles. The molecule has 0 fully saturated rings. The van der Waals surface area contributed by atoms with E-state index in [4.69, 9.17) is 5.73 Å². The number of hydrogen-bond donors (Lipinski definition) is 1. The molecule has 106 valence electrons. The van der Waals surface area contributed by atoms with Crippen molar-refractivity contribution in [3.63, 3.8) is 0 Å². The van der Waals surface area contributed by atoms with Crippen LogP contribution in [0.2, 0.25) is 0 Å². The van der Waals surface area contributed by atoms with Crippen LogP contribution in [-0.2, 0) is 6.18 Å². The van der Waals surface area contributed by atoms with Crippen molar-refractivity contribution in [2.45, 2.75) is 26.1 Å². The van der Waals surface area contributed by atoms with E-state index in [1.54, 1.807) is 25.4 Å². The van der Waals surface area contributed by atoms with E-state index in [1.165, 1.54) is 6.07 Å². The number of aromatic nitrogens is 1. The molecule has 0 saturated carbocycles. The molecule has 1 heterocycles. The lowest BCUT2D eigenvalue weighted by molar-refractivity contribution is -0.137. The topological polar surface area (TPSA) is 38.9 Å². The van der Waals surface area contributed by atoms with Gasteiger partial charge in [0.2, 0.25) is 0 Å². The Morgan fingerprint density at radius 1 is 1.05 bits per heavy atom. The summed E-state index contributed by atoms with van der Waals surface area (Å²) in [4.78, 5) is 3.99. The minimum Gasteiger partial charge on any atom is -0.320 e. The summed E-state index contributed by atoms with van der Waals surface area (Å²) in [5.74, 6) is 0. The Hall–Kier alpha value is -1.88. The zero-order valence-corrected chi connectivity index (χ0v) is 11.2.